The topological polar surface area (TPSA) is 26.8 Å². The Hall–Kier alpha value is -0.530. The zero-order valence-electron chi connectivity index (χ0n) is 7.47. The monoisotopic (exact) mass is 164 g/mol. The van der Waals surface area contributed by atoms with E-state index in [1.54, 1.807) is 0 Å². The van der Waals surface area contributed by atoms with E-state index in [2.05, 4.69) is 0 Å². The lowest BCUT2D eigenvalue weighted by Gasteiger charge is -2.33. The molecule has 0 unspecified atom stereocenters. The number of fused-ring (bicyclic) bond motifs is 2. The Morgan fingerprint density at radius 3 is 2.75 bits per heavy atom. The second-order valence-corrected chi connectivity index (χ2v) is 4.77. The van der Waals surface area contributed by atoms with Gasteiger partial charge in [-0.25, -0.2) is 0 Å². The zero-order chi connectivity index (χ0) is 8.18. The Labute approximate surface area is 73.4 Å². The number of nitrogens with one attached hydrogen (secondary N) is 1. The summed E-state index contributed by atoms with van der Waals surface area (Å²) in [6, 6.07) is 0. The van der Waals surface area contributed by atoms with Gasteiger partial charge in [0.2, 0.25) is 0 Å². The largest absolute Gasteiger partial charge is 0.454 e. The minimum absolute atomic E-state index is 0.308. The van der Waals surface area contributed by atoms with Gasteiger partial charge in [0.25, 0.3) is 0 Å². The van der Waals surface area contributed by atoms with Crippen LogP contribution >= 0.6 is 0 Å². The summed E-state index contributed by atoms with van der Waals surface area (Å²) >= 11 is 0. The molecule has 3 bridgehead atoms. The molecule has 66 valence electrons. The van der Waals surface area contributed by atoms with Crippen molar-refractivity contribution in [3.05, 3.63) is 5.84 Å². The maximum Gasteiger partial charge on any atom is 0.157 e. The number of rotatable bonds is 0. The minimum Gasteiger partial charge on any atom is -0.454 e. The van der Waals surface area contributed by atoms with Crippen molar-refractivity contribution < 1.29 is 4.68 Å². The first kappa shape index (κ1) is 6.93. The first-order valence-electron chi connectivity index (χ1n) is 5.16. The molecular weight excluding hydrogens is 148 g/mol. The van der Waals surface area contributed by atoms with E-state index >= 15 is 0 Å². The summed E-state index contributed by atoms with van der Waals surface area (Å²) in [5, 5.41) is 0. The van der Waals surface area contributed by atoms with Crippen LogP contribution in [0.2, 0.25) is 0 Å². The maximum absolute atomic E-state index is 8.06. The van der Waals surface area contributed by atoms with Crippen LogP contribution < -0.4 is 0 Å². The van der Waals surface area contributed by atoms with Gasteiger partial charge in [-0.3, -0.25) is 4.68 Å². The fourth-order valence-electron chi connectivity index (χ4n) is 3.36. The van der Waals surface area contributed by atoms with Crippen molar-refractivity contribution in [2.45, 2.75) is 50.5 Å². The summed E-state index contributed by atoms with van der Waals surface area (Å²) in [4.78, 5) is 0. The standard InChI is InChI=1S/C10H16N2/c11-12-9-3-6-10(12)4-1-8(7-9)2-5-10/h8,11H,1-7H2. The lowest BCUT2D eigenvalue weighted by molar-refractivity contribution is -0.545. The first-order chi connectivity index (χ1) is 5.80. The summed E-state index contributed by atoms with van der Waals surface area (Å²) in [6.45, 7) is 0. The molecule has 0 aromatic rings. The van der Waals surface area contributed by atoms with E-state index in [0.717, 1.165) is 5.92 Å². The van der Waals surface area contributed by atoms with Crippen LogP contribution in [0.15, 0.2) is 0 Å². The fourth-order valence-corrected chi connectivity index (χ4v) is 3.36. The molecule has 0 atom stereocenters. The van der Waals surface area contributed by atoms with Crippen molar-refractivity contribution in [2.24, 2.45) is 5.92 Å². The van der Waals surface area contributed by atoms with Gasteiger partial charge in [0.1, 0.15) is 5.71 Å². The highest BCUT2D eigenvalue weighted by molar-refractivity contribution is 5.82. The van der Waals surface area contributed by atoms with Crippen LogP contribution in [0.5, 0.6) is 0 Å². The van der Waals surface area contributed by atoms with E-state index in [1.807, 2.05) is 4.68 Å². The van der Waals surface area contributed by atoms with Crippen LogP contribution in [-0.2, 0) is 0 Å². The van der Waals surface area contributed by atoms with Gasteiger partial charge in [-0.1, -0.05) is 0 Å². The van der Waals surface area contributed by atoms with Gasteiger partial charge in [0.05, 0.1) is 0 Å². The second kappa shape index (κ2) is 2.04. The highest BCUT2D eigenvalue weighted by Gasteiger charge is 2.50. The molecule has 0 saturated heterocycles. The Morgan fingerprint density at radius 1 is 1.25 bits per heavy atom. The summed E-state index contributed by atoms with van der Waals surface area (Å²) in [6.07, 6.45) is 9.11. The molecule has 1 saturated carbocycles. The Balaban J connectivity index is 2.09. The van der Waals surface area contributed by atoms with Crippen molar-refractivity contribution in [2.75, 3.05) is 0 Å². The Bertz CT molecular complexity index is 247. The molecule has 12 heavy (non-hydrogen) atoms. The third-order valence-electron chi connectivity index (χ3n) is 4.23. The minimum atomic E-state index is 0.308. The highest BCUT2D eigenvalue weighted by Crippen LogP contribution is 2.46. The molecule has 1 N–H and O–H groups in total. The van der Waals surface area contributed by atoms with E-state index in [-0.39, 0.29) is 0 Å². The van der Waals surface area contributed by atoms with Gasteiger partial charge in [-0.2, -0.15) is 0 Å². The smallest absolute Gasteiger partial charge is 0.157 e. The molecule has 4 rings (SSSR count). The van der Waals surface area contributed by atoms with Gasteiger partial charge in [-0.05, 0) is 18.8 Å². The van der Waals surface area contributed by atoms with Crippen molar-refractivity contribution >= 4 is 5.71 Å². The van der Waals surface area contributed by atoms with Crippen LogP contribution in [0, 0.1) is 5.92 Å². The van der Waals surface area contributed by atoms with Crippen molar-refractivity contribution in [1.29, 1.82) is 0 Å². The molecule has 0 radical (unpaired) electrons. The number of nitrogens with zero attached hydrogens (tertiary/aromatic N) is 1. The summed E-state index contributed by atoms with van der Waals surface area (Å²) in [5.41, 5.74) is 1.75. The van der Waals surface area contributed by atoms with Crippen LogP contribution in [0.25, 0.3) is 5.84 Å². The third kappa shape index (κ3) is 0.686. The zero-order valence-corrected chi connectivity index (χ0v) is 7.47. The molecule has 1 fully saturated rings. The van der Waals surface area contributed by atoms with Gasteiger partial charge >= 0.3 is 0 Å². The molecule has 4 aliphatic rings. The molecule has 1 spiro atoms. The number of hydrogen-bond donors (Lipinski definition) is 0. The first-order valence-corrected chi connectivity index (χ1v) is 5.16. The predicted octanol–water partition coefficient (Wildman–Crippen LogP) is 2.53. The molecule has 2 heteroatoms. The van der Waals surface area contributed by atoms with Crippen LogP contribution in [-0.4, -0.2) is 15.9 Å². The Morgan fingerprint density at radius 2 is 2.00 bits per heavy atom. The maximum atomic E-state index is 8.06. The lowest BCUT2D eigenvalue weighted by atomic mass is 9.73. The predicted molar refractivity (Wildman–Crippen MR) is 48.1 cm³/mol. The van der Waals surface area contributed by atoms with Crippen molar-refractivity contribution in [3.63, 3.8) is 0 Å². The average Bonchev–Trinajstić information content (AvgIpc) is 2.22. The normalized spacial score (nSPS) is 45.2. The third-order valence-corrected chi connectivity index (χ3v) is 4.23. The number of hydrogen-bond acceptors (Lipinski definition) is 0. The van der Waals surface area contributed by atoms with Gasteiger partial charge < -0.3 is 5.84 Å². The van der Waals surface area contributed by atoms with Crippen LogP contribution in [0.4, 0.5) is 0 Å². The molecule has 3 heterocycles. The van der Waals surface area contributed by atoms with Gasteiger partial charge in [0, 0.05) is 32.1 Å². The van der Waals surface area contributed by atoms with E-state index in [4.69, 9.17) is 5.84 Å². The van der Waals surface area contributed by atoms with Gasteiger partial charge in [0.15, 0.2) is 5.54 Å². The van der Waals surface area contributed by atoms with Crippen molar-refractivity contribution in [3.8, 4) is 0 Å². The van der Waals surface area contributed by atoms with E-state index in [9.17, 15) is 0 Å². The van der Waals surface area contributed by atoms with Crippen LogP contribution in [0.3, 0.4) is 0 Å². The fraction of sp³-hybridized carbons (Fsp3) is 0.900. The highest BCUT2D eigenvalue weighted by atomic mass is 15.4. The summed E-state index contributed by atoms with van der Waals surface area (Å²) < 4.78 is 1.90. The molecular formula is C10H16N2. The molecule has 1 aliphatic carbocycles. The average molecular weight is 164 g/mol. The van der Waals surface area contributed by atoms with E-state index < -0.39 is 0 Å². The quantitative estimate of drug-likeness (QED) is 0.492. The summed E-state index contributed by atoms with van der Waals surface area (Å²) in [5.74, 6) is 8.99. The van der Waals surface area contributed by atoms with Gasteiger partial charge in [-0.15, -0.1) is 0 Å². The SMILES string of the molecule is [NH-][N+]1=C2CCC13CCC(CC3)C2. The second-order valence-electron chi connectivity index (χ2n) is 4.77. The van der Waals surface area contributed by atoms with Crippen LogP contribution in [0.1, 0.15) is 44.9 Å². The Kier molecular flexibility index (Phi) is 1.18. The summed E-state index contributed by atoms with van der Waals surface area (Å²) in [7, 11) is 0. The molecule has 3 aliphatic heterocycles. The molecule has 0 amide bonds. The molecule has 0 aromatic carbocycles. The lowest BCUT2D eigenvalue weighted by Crippen LogP contribution is -2.37. The van der Waals surface area contributed by atoms with E-state index in [1.165, 1.54) is 50.7 Å². The van der Waals surface area contributed by atoms with E-state index in [0.29, 0.717) is 5.54 Å². The molecule has 2 nitrogen and oxygen atoms in total. The molecule has 0 aromatic heterocycles. The van der Waals surface area contributed by atoms with Crippen molar-refractivity contribution in [1.82, 2.24) is 0 Å².